The number of benzene rings is 1. The summed E-state index contributed by atoms with van der Waals surface area (Å²) in [6.45, 7) is 1.06. The van der Waals surface area contributed by atoms with E-state index < -0.39 is 12.7 Å². The van der Waals surface area contributed by atoms with Gasteiger partial charge in [-0.3, -0.25) is 0 Å². The first-order chi connectivity index (χ1) is 9.31. The summed E-state index contributed by atoms with van der Waals surface area (Å²) >= 11 is 3.36. The van der Waals surface area contributed by atoms with E-state index in [1.807, 2.05) is 26.1 Å². The molecule has 20 heavy (non-hydrogen) atoms. The van der Waals surface area contributed by atoms with Crippen LogP contribution in [0.25, 0.3) is 0 Å². The average Bonchev–Trinajstić information content (AvgIpc) is 3.18. The zero-order chi connectivity index (χ0) is 14.9. The van der Waals surface area contributed by atoms with Crippen molar-refractivity contribution < 1.29 is 13.2 Å². The first-order valence-corrected chi connectivity index (χ1v) is 7.41. The van der Waals surface area contributed by atoms with Gasteiger partial charge in [0.2, 0.25) is 0 Å². The monoisotopic (exact) mass is 350 g/mol. The third kappa shape index (κ3) is 3.88. The summed E-state index contributed by atoms with van der Waals surface area (Å²) in [6, 6.07) is 5.55. The predicted molar refractivity (Wildman–Crippen MR) is 78.0 cm³/mol. The molecule has 0 aliphatic heterocycles. The maximum atomic E-state index is 12.8. The van der Waals surface area contributed by atoms with Crippen LogP contribution in [0.2, 0.25) is 0 Å². The van der Waals surface area contributed by atoms with Crippen LogP contribution in [0.1, 0.15) is 31.4 Å². The van der Waals surface area contributed by atoms with Crippen molar-refractivity contribution in [2.75, 3.05) is 18.5 Å². The Balaban J connectivity index is 2.38. The third-order valence-electron chi connectivity index (χ3n) is 3.54. The molecule has 112 valence electrons. The molecular formula is C14H18BrF3N2. The Hall–Kier alpha value is -0.750. The molecule has 6 heteroatoms. The van der Waals surface area contributed by atoms with Crippen LogP contribution in [-0.4, -0.2) is 25.8 Å². The second-order valence-electron chi connectivity index (χ2n) is 5.19. The van der Waals surface area contributed by atoms with Gasteiger partial charge in [-0.25, -0.2) is 0 Å². The Labute approximate surface area is 125 Å². The third-order valence-corrected chi connectivity index (χ3v) is 4.03. The van der Waals surface area contributed by atoms with E-state index in [1.54, 1.807) is 6.07 Å². The van der Waals surface area contributed by atoms with Crippen LogP contribution in [0.15, 0.2) is 22.7 Å². The van der Waals surface area contributed by atoms with Gasteiger partial charge < -0.3 is 10.2 Å². The smallest absolute Gasteiger partial charge is 0.359 e. The molecule has 1 saturated carbocycles. The molecule has 0 spiro atoms. The van der Waals surface area contributed by atoms with Crippen LogP contribution in [0.5, 0.6) is 0 Å². The van der Waals surface area contributed by atoms with Gasteiger partial charge in [-0.1, -0.05) is 22.0 Å². The molecule has 0 bridgehead atoms. The van der Waals surface area contributed by atoms with Crippen molar-refractivity contribution in [1.82, 2.24) is 5.32 Å². The van der Waals surface area contributed by atoms with E-state index in [2.05, 4.69) is 21.2 Å². The standard InChI is InChI=1S/C14H18BrF3N2/c1-9(19-2)12-6-3-10(15)7-13(12)20(11-4-5-11)8-14(16,17)18/h3,6-7,9,11,19H,4-5,8H2,1-2H3. The highest BCUT2D eigenvalue weighted by atomic mass is 79.9. The van der Waals surface area contributed by atoms with Crippen LogP contribution < -0.4 is 10.2 Å². The summed E-state index contributed by atoms with van der Waals surface area (Å²) in [6.07, 6.45) is -2.53. The van der Waals surface area contributed by atoms with Gasteiger partial charge in [-0.15, -0.1) is 0 Å². The quantitative estimate of drug-likeness (QED) is 0.853. The summed E-state index contributed by atoms with van der Waals surface area (Å²) in [5.74, 6) is 0. The lowest BCUT2D eigenvalue weighted by molar-refractivity contribution is -0.120. The largest absolute Gasteiger partial charge is 0.405 e. The average molecular weight is 351 g/mol. The summed E-state index contributed by atoms with van der Waals surface area (Å²) < 4.78 is 39.3. The predicted octanol–water partition coefficient (Wildman–Crippen LogP) is 4.26. The van der Waals surface area contributed by atoms with Gasteiger partial charge in [0, 0.05) is 22.2 Å². The van der Waals surface area contributed by atoms with Crippen molar-refractivity contribution in [1.29, 1.82) is 0 Å². The van der Waals surface area contributed by atoms with Crippen LogP contribution in [0.4, 0.5) is 18.9 Å². The highest BCUT2D eigenvalue weighted by Gasteiger charge is 2.39. The fourth-order valence-electron chi connectivity index (χ4n) is 2.28. The molecule has 1 aromatic rings. The highest BCUT2D eigenvalue weighted by molar-refractivity contribution is 9.10. The zero-order valence-corrected chi connectivity index (χ0v) is 13.1. The maximum absolute atomic E-state index is 12.8. The number of anilines is 1. The molecule has 1 aliphatic carbocycles. The van der Waals surface area contributed by atoms with E-state index in [0.717, 1.165) is 22.9 Å². The van der Waals surface area contributed by atoms with Crippen molar-refractivity contribution in [3.63, 3.8) is 0 Å². The van der Waals surface area contributed by atoms with Crippen molar-refractivity contribution in [2.24, 2.45) is 0 Å². The van der Waals surface area contributed by atoms with Crippen LogP contribution in [-0.2, 0) is 0 Å². The molecule has 0 heterocycles. The second kappa shape index (κ2) is 5.93. The normalized spacial score (nSPS) is 17.1. The van der Waals surface area contributed by atoms with Gasteiger partial charge in [-0.05, 0) is 44.5 Å². The zero-order valence-electron chi connectivity index (χ0n) is 11.5. The Morgan fingerprint density at radius 3 is 2.55 bits per heavy atom. The van der Waals surface area contributed by atoms with Crippen molar-refractivity contribution in [2.45, 2.75) is 38.0 Å². The molecule has 0 radical (unpaired) electrons. The fourth-order valence-corrected chi connectivity index (χ4v) is 2.63. The Bertz CT molecular complexity index is 472. The SMILES string of the molecule is CNC(C)c1ccc(Br)cc1N(CC(F)(F)F)C1CC1. The molecule has 1 aromatic carbocycles. The summed E-state index contributed by atoms with van der Waals surface area (Å²) in [5, 5.41) is 3.09. The molecule has 1 unspecified atom stereocenters. The van der Waals surface area contributed by atoms with Gasteiger partial charge >= 0.3 is 6.18 Å². The maximum Gasteiger partial charge on any atom is 0.405 e. The molecule has 1 atom stereocenters. The molecule has 2 nitrogen and oxygen atoms in total. The van der Waals surface area contributed by atoms with Crippen LogP contribution in [0, 0.1) is 0 Å². The minimum absolute atomic E-state index is 0.00702. The lowest BCUT2D eigenvalue weighted by Crippen LogP contribution is -2.37. The molecule has 0 amide bonds. The van der Waals surface area contributed by atoms with E-state index in [0.29, 0.717) is 5.69 Å². The summed E-state index contributed by atoms with van der Waals surface area (Å²) in [7, 11) is 1.81. The Morgan fingerprint density at radius 1 is 1.40 bits per heavy atom. The van der Waals surface area contributed by atoms with E-state index >= 15 is 0 Å². The van der Waals surface area contributed by atoms with Crippen molar-refractivity contribution in [3.05, 3.63) is 28.2 Å². The number of hydrogen-bond donors (Lipinski definition) is 1. The van der Waals surface area contributed by atoms with E-state index in [1.165, 1.54) is 4.90 Å². The molecule has 2 rings (SSSR count). The summed E-state index contributed by atoms with van der Waals surface area (Å²) in [5.41, 5.74) is 1.56. The minimum Gasteiger partial charge on any atom is -0.359 e. The molecule has 1 N–H and O–H groups in total. The van der Waals surface area contributed by atoms with E-state index in [9.17, 15) is 13.2 Å². The van der Waals surface area contributed by atoms with Gasteiger partial charge in [0.05, 0.1) is 0 Å². The topological polar surface area (TPSA) is 15.3 Å². The molecule has 1 aliphatic rings. The Morgan fingerprint density at radius 2 is 2.05 bits per heavy atom. The minimum atomic E-state index is -4.19. The van der Waals surface area contributed by atoms with Crippen LogP contribution >= 0.6 is 15.9 Å². The second-order valence-corrected chi connectivity index (χ2v) is 6.10. The number of hydrogen-bond acceptors (Lipinski definition) is 2. The molecule has 0 saturated heterocycles. The molecule has 1 fully saturated rings. The fraction of sp³-hybridized carbons (Fsp3) is 0.571. The van der Waals surface area contributed by atoms with Gasteiger partial charge in [-0.2, -0.15) is 13.2 Å². The van der Waals surface area contributed by atoms with Crippen LogP contribution in [0.3, 0.4) is 0 Å². The van der Waals surface area contributed by atoms with Crippen molar-refractivity contribution in [3.8, 4) is 0 Å². The number of nitrogens with zero attached hydrogens (tertiary/aromatic N) is 1. The summed E-state index contributed by atoms with van der Waals surface area (Å²) in [4.78, 5) is 1.49. The molecular weight excluding hydrogens is 333 g/mol. The van der Waals surface area contributed by atoms with Gasteiger partial charge in [0.25, 0.3) is 0 Å². The number of rotatable bonds is 5. The van der Waals surface area contributed by atoms with Crippen molar-refractivity contribution >= 4 is 21.6 Å². The highest BCUT2D eigenvalue weighted by Crippen LogP contribution is 2.38. The van der Waals surface area contributed by atoms with Gasteiger partial charge in [0.15, 0.2) is 0 Å². The number of alkyl halides is 3. The van der Waals surface area contributed by atoms with E-state index in [-0.39, 0.29) is 12.1 Å². The number of nitrogens with one attached hydrogen (secondary N) is 1. The number of halogens is 4. The molecule has 0 aromatic heterocycles. The van der Waals surface area contributed by atoms with E-state index in [4.69, 9.17) is 0 Å². The first kappa shape index (κ1) is 15.6. The Kier molecular flexibility index (Phi) is 4.64. The lowest BCUT2D eigenvalue weighted by Gasteiger charge is -2.30. The van der Waals surface area contributed by atoms with Gasteiger partial charge in [0.1, 0.15) is 6.54 Å². The lowest BCUT2D eigenvalue weighted by atomic mass is 10.0. The first-order valence-electron chi connectivity index (χ1n) is 6.62.